The zero-order valence-electron chi connectivity index (χ0n) is 10.3. The average molecular weight is 223 g/mol. The third-order valence-electron chi connectivity index (χ3n) is 5.60. The second kappa shape index (κ2) is 2.64. The summed E-state index contributed by atoms with van der Waals surface area (Å²) in [5.41, 5.74) is 0.633. The van der Waals surface area contributed by atoms with E-state index in [2.05, 4.69) is 39.5 Å². The molecule has 2 bridgehead atoms. The summed E-state index contributed by atoms with van der Waals surface area (Å²) in [7, 11) is 0. The Balaban J connectivity index is 2.12. The maximum atomic E-state index is 5.11. The van der Waals surface area contributed by atoms with Gasteiger partial charge in [0.15, 0.2) is 0 Å². The molecule has 0 unspecified atom stereocenters. The monoisotopic (exact) mass is 223 g/mol. The molecule has 1 heterocycles. The highest BCUT2D eigenvalue weighted by Crippen LogP contribution is 2.72. The van der Waals surface area contributed by atoms with Crippen molar-refractivity contribution in [2.45, 2.75) is 63.7 Å². The summed E-state index contributed by atoms with van der Waals surface area (Å²) < 4.78 is 0.479. The van der Waals surface area contributed by atoms with Crippen LogP contribution < -0.4 is 0 Å². The average Bonchev–Trinajstić information content (AvgIpc) is 2.76. The molecule has 0 saturated heterocycles. The highest BCUT2D eigenvalue weighted by Gasteiger charge is 2.71. The third kappa shape index (κ3) is 0.916. The van der Waals surface area contributed by atoms with Crippen LogP contribution >= 0.6 is 11.8 Å². The van der Waals surface area contributed by atoms with Gasteiger partial charge in [0, 0.05) is 4.75 Å². The Morgan fingerprint density at radius 2 is 2.13 bits per heavy atom. The number of rotatable bonds is 1. The summed E-state index contributed by atoms with van der Waals surface area (Å²) in [5.74, 6) is 0.914. The van der Waals surface area contributed by atoms with E-state index in [4.69, 9.17) is 4.99 Å². The lowest BCUT2D eigenvalue weighted by Crippen LogP contribution is -2.51. The van der Waals surface area contributed by atoms with E-state index in [-0.39, 0.29) is 5.54 Å². The molecule has 0 aromatic rings. The molecule has 2 aliphatic carbocycles. The zero-order chi connectivity index (χ0) is 10.9. The molecule has 0 amide bonds. The molecule has 2 saturated carbocycles. The zero-order valence-corrected chi connectivity index (χ0v) is 11.1. The number of thioether (sulfide) groups is 1. The summed E-state index contributed by atoms with van der Waals surface area (Å²) >= 11 is 2.12. The summed E-state index contributed by atoms with van der Waals surface area (Å²) in [6, 6.07) is 0. The van der Waals surface area contributed by atoms with Crippen molar-refractivity contribution >= 4 is 16.8 Å². The van der Waals surface area contributed by atoms with E-state index in [1.165, 1.54) is 24.3 Å². The van der Waals surface area contributed by atoms with Gasteiger partial charge in [0.1, 0.15) is 0 Å². The SMILES string of the molecule is CCC1=N[C@@]2(C)C(C)(C)[C@@H]3CC[C@]2(C3)S1. The predicted octanol–water partition coefficient (Wildman–Crippen LogP) is 3.88. The van der Waals surface area contributed by atoms with Crippen LogP contribution in [-0.2, 0) is 0 Å². The molecular weight excluding hydrogens is 202 g/mol. The van der Waals surface area contributed by atoms with Crippen molar-refractivity contribution in [2.75, 3.05) is 0 Å². The first-order valence-corrected chi connectivity index (χ1v) is 7.04. The summed E-state index contributed by atoms with van der Waals surface area (Å²) in [6.07, 6.45) is 5.37. The van der Waals surface area contributed by atoms with Crippen LogP contribution in [-0.4, -0.2) is 15.3 Å². The molecule has 1 nitrogen and oxygen atoms in total. The molecule has 15 heavy (non-hydrogen) atoms. The van der Waals surface area contributed by atoms with Crippen LogP contribution in [0.15, 0.2) is 4.99 Å². The minimum absolute atomic E-state index is 0.221. The lowest BCUT2D eigenvalue weighted by molar-refractivity contribution is 0.117. The van der Waals surface area contributed by atoms with Gasteiger partial charge in [0.05, 0.1) is 10.6 Å². The number of hydrogen-bond acceptors (Lipinski definition) is 2. The van der Waals surface area contributed by atoms with Crippen LogP contribution in [0.2, 0.25) is 0 Å². The van der Waals surface area contributed by atoms with Crippen molar-refractivity contribution in [1.29, 1.82) is 0 Å². The first-order chi connectivity index (χ1) is 6.95. The van der Waals surface area contributed by atoms with E-state index in [9.17, 15) is 0 Å². The Morgan fingerprint density at radius 3 is 2.73 bits per heavy atom. The molecular formula is C13H21NS. The second-order valence-electron chi connectivity index (χ2n) is 6.19. The summed E-state index contributed by atoms with van der Waals surface area (Å²) in [6.45, 7) is 9.55. The Hall–Kier alpha value is 0.0200. The van der Waals surface area contributed by atoms with Crippen molar-refractivity contribution in [3.05, 3.63) is 0 Å². The van der Waals surface area contributed by atoms with Crippen LogP contribution in [0.5, 0.6) is 0 Å². The first-order valence-electron chi connectivity index (χ1n) is 6.23. The van der Waals surface area contributed by atoms with Crippen LogP contribution in [0, 0.1) is 11.3 Å². The Labute approximate surface area is 97.1 Å². The van der Waals surface area contributed by atoms with Crippen LogP contribution in [0.1, 0.15) is 53.4 Å². The summed E-state index contributed by atoms with van der Waals surface area (Å²) in [5, 5.41) is 1.41. The van der Waals surface area contributed by atoms with Gasteiger partial charge in [-0.15, -0.1) is 11.8 Å². The highest BCUT2D eigenvalue weighted by molar-refractivity contribution is 8.15. The van der Waals surface area contributed by atoms with Gasteiger partial charge >= 0.3 is 0 Å². The minimum Gasteiger partial charge on any atom is -0.275 e. The Bertz CT molecular complexity index is 346. The normalized spacial score (nSPS) is 50.7. The lowest BCUT2D eigenvalue weighted by Gasteiger charge is -2.47. The third-order valence-corrected chi connectivity index (χ3v) is 7.37. The first kappa shape index (κ1) is 10.2. The quantitative estimate of drug-likeness (QED) is 0.657. The van der Waals surface area contributed by atoms with Crippen molar-refractivity contribution < 1.29 is 0 Å². The van der Waals surface area contributed by atoms with Gasteiger partial charge in [-0.1, -0.05) is 20.8 Å². The summed E-state index contributed by atoms with van der Waals surface area (Å²) in [4.78, 5) is 5.11. The van der Waals surface area contributed by atoms with Gasteiger partial charge in [0.25, 0.3) is 0 Å². The van der Waals surface area contributed by atoms with Crippen molar-refractivity contribution in [1.82, 2.24) is 0 Å². The lowest BCUT2D eigenvalue weighted by atomic mass is 9.64. The van der Waals surface area contributed by atoms with Gasteiger partial charge in [0.2, 0.25) is 0 Å². The van der Waals surface area contributed by atoms with E-state index >= 15 is 0 Å². The van der Waals surface area contributed by atoms with Gasteiger partial charge in [-0.05, 0) is 43.9 Å². The fourth-order valence-corrected chi connectivity index (χ4v) is 5.97. The van der Waals surface area contributed by atoms with Crippen LogP contribution in [0.3, 0.4) is 0 Å². The maximum absolute atomic E-state index is 5.11. The van der Waals surface area contributed by atoms with E-state index in [0.717, 1.165) is 12.3 Å². The number of nitrogens with zero attached hydrogens (tertiary/aromatic N) is 1. The second-order valence-corrected chi connectivity index (χ2v) is 7.65. The topological polar surface area (TPSA) is 12.4 Å². The molecule has 1 aliphatic heterocycles. The number of fused-ring (bicyclic) bond motifs is 1. The minimum atomic E-state index is 0.221. The largest absolute Gasteiger partial charge is 0.275 e. The van der Waals surface area contributed by atoms with Gasteiger partial charge < -0.3 is 0 Å². The molecule has 0 N–H and O–H groups in total. The molecule has 0 aromatic heterocycles. The van der Waals surface area contributed by atoms with Gasteiger partial charge in [-0.25, -0.2) is 0 Å². The van der Waals surface area contributed by atoms with E-state index in [1.54, 1.807) is 0 Å². The van der Waals surface area contributed by atoms with Gasteiger partial charge in [-0.2, -0.15) is 0 Å². The fraction of sp³-hybridized carbons (Fsp3) is 0.923. The van der Waals surface area contributed by atoms with Gasteiger partial charge in [-0.3, -0.25) is 4.99 Å². The van der Waals surface area contributed by atoms with Crippen molar-refractivity contribution in [2.24, 2.45) is 16.3 Å². The molecule has 3 rings (SSSR count). The Morgan fingerprint density at radius 1 is 1.40 bits per heavy atom. The number of aliphatic imine (C=N–C) groups is 1. The standard InChI is InChI=1S/C13H21NS/c1-5-10-14-12(4)11(2,3)9-6-7-13(12,8-9)15-10/h9H,5-8H2,1-4H3/t9-,12+,13-/m1/s1. The number of hydrogen-bond donors (Lipinski definition) is 0. The molecule has 3 aliphatic rings. The fourth-order valence-electron chi connectivity index (χ4n) is 4.14. The molecule has 0 radical (unpaired) electrons. The van der Waals surface area contributed by atoms with E-state index in [1.807, 2.05) is 0 Å². The molecule has 0 aromatic carbocycles. The van der Waals surface area contributed by atoms with Crippen LogP contribution in [0.25, 0.3) is 0 Å². The Kier molecular flexibility index (Phi) is 1.79. The predicted molar refractivity (Wildman–Crippen MR) is 67.6 cm³/mol. The smallest absolute Gasteiger partial charge is 0.0792 e. The maximum Gasteiger partial charge on any atom is 0.0792 e. The van der Waals surface area contributed by atoms with E-state index in [0.29, 0.717) is 10.2 Å². The van der Waals surface area contributed by atoms with Crippen LogP contribution in [0.4, 0.5) is 0 Å². The molecule has 2 heteroatoms. The molecule has 1 spiro atoms. The van der Waals surface area contributed by atoms with E-state index < -0.39 is 0 Å². The highest BCUT2D eigenvalue weighted by atomic mass is 32.2. The molecule has 2 fully saturated rings. The van der Waals surface area contributed by atoms with Crippen molar-refractivity contribution in [3.63, 3.8) is 0 Å². The van der Waals surface area contributed by atoms with Crippen molar-refractivity contribution in [3.8, 4) is 0 Å². The molecule has 84 valence electrons. The molecule has 3 atom stereocenters.